The molecule has 0 radical (unpaired) electrons. The third-order valence-corrected chi connectivity index (χ3v) is 2.61. The second-order valence-electron chi connectivity index (χ2n) is 3.73. The van der Waals surface area contributed by atoms with Crippen molar-refractivity contribution in [3.8, 4) is 0 Å². The number of methoxy groups -OCH3 is 1. The van der Waals surface area contributed by atoms with Crippen LogP contribution < -0.4 is 5.73 Å². The summed E-state index contributed by atoms with van der Waals surface area (Å²) in [5, 5.41) is 0. The highest BCUT2D eigenvalue weighted by atomic mass is 16.5. The molecule has 16 heavy (non-hydrogen) atoms. The molecule has 0 spiro atoms. The van der Waals surface area contributed by atoms with Gasteiger partial charge in [-0.25, -0.2) is 0 Å². The number of amides is 2. The maximum Gasteiger partial charge on any atom is 0.248 e. The average Bonchev–Trinajstić information content (AvgIpc) is 2.30. The molecular weight excluding hydrogens is 210 g/mol. The first kappa shape index (κ1) is 12.9. The zero-order chi connectivity index (χ0) is 12.0. The Labute approximate surface area is 95.3 Å². The molecule has 0 aliphatic carbocycles. The Bertz CT molecular complexity index is 224. The Hall–Kier alpha value is -1.14. The largest absolute Gasteiger partial charge is 0.375 e. The van der Waals surface area contributed by atoms with Gasteiger partial charge in [-0.3, -0.25) is 9.59 Å². The number of ether oxygens (including phenoxy) is 1. The van der Waals surface area contributed by atoms with E-state index in [1.54, 1.807) is 9.80 Å². The Balaban J connectivity index is 2.33. The van der Waals surface area contributed by atoms with Gasteiger partial charge in [-0.1, -0.05) is 0 Å². The first-order chi connectivity index (χ1) is 7.69. The second-order valence-corrected chi connectivity index (χ2v) is 3.73. The van der Waals surface area contributed by atoms with Crippen LogP contribution in [0.15, 0.2) is 0 Å². The number of nitrogens with two attached hydrogens (primary N) is 1. The standard InChI is InChI=1S/C10H19N3O3/c1-16-8-10(15)13-6-4-12(5-7-13)9(14)2-3-11/h2-8,11H2,1H3. The molecule has 1 rings (SSSR count). The molecule has 6 nitrogen and oxygen atoms in total. The number of hydrogen-bond donors (Lipinski definition) is 1. The van der Waals surface area contributed by atoms with Crippen molar-refractivity contribution in [2.75, 3.05) is 46.4 Å². The molecule has 0 saturated carbocycles. The van der Waals surface area contributed by atoms with Crippen LogP contribution in [0.1, 0.15) is 6.42 Å². The Kier molecular flexibility index (Phi) is 5.21. The van der Waals surface area contributed by atoms with E-state index >= 15 is 0 Å². The van der Waals surface area contributed by atoms with Crippen LogP contribution >= 0.6 is 0 Å². The van der Waals surface area contributed by atoms with Gasteiger partial charge in [-0.15, -0.1) is 0 Å². The average molecular weight is 229 g/mol. The highest BCUT2D eigenvalue weighted by Crippen LogP contribution is 2.03. The van der Waals surface area contributed by atoms with Gasteiger partial charge in [0, 0.05) is 46.3 Å². The molecule has 0 bridgehead atoms. The molecule has 1 aliphatic rings. The van der Waals surface area contributed by atoms with E-state index < -0.39 is 0 Å². The fourth-order valence-corrected chi connectivity index (χ4v) is 1.70. The lowest BCUT2D eigenvalue weighted by atomic mass is 10.2. The predicted molar refractivity (Wildman–Crippen MR) is 58.7 cm³/mol. The molecular formula is C10H19N3O3. The summed E-state index contributed by atoms with van der Waals surface area (Å²) in [6.07, 6.45) is 0.381. The molecule has 0 atom stereocenters. The maximum atomic E-state index is 11.5. The van der Waals surface area contributed by atoms with Gasteiger partial charge in [-0.05, 0) is 0 Å². The molecule has 0 aromatic heterocycles. The summed E-state index contributed by atoms with van der Waals surface area (Å²) in [7, 11) is 1.50. The fraction of sp³-hybridized carbons (Fsp3) is 0.800. The van der Waals surface area contributed by atoms with E-state index in [4.69, 9.17) is 10.5 Å². The third-order valence-electron chi connectivity index (χ3n) is 2.61. The Morgan fingerprint density at radius 1 is 1.12 bits per heavy atom. The maximum absolute atomic E-state index is 11.5. The highest BCUT2D eigenvalue weighted by molar-refractivity contribution is 5.79. The minimum absolute atomic E-state index is 0.0200. The van der Waals surface area contributed by atoms with Crippen molar-refractivity contribution < 1.29 is 14.3 Å². The van der Waals surface area contributed by atoms with Crippen molar-refractivity contribution >= 4 is 11.8 Å². The SMILES string of the molecule is COCC(=O)N1CCN(C(=O)CCN)CC1. The fourth-order valence-electron chi connectivity index (χ4n) is 1.70. The summed E-state index contributed by atoms with van der Waals surface area (Å²) in [5.74, 6) is 0.0507. The summed E-state index contributed by atoms with van der Waals surface area (Å²) in [6, 6.07) is 0. The monoisotopic (exact) mass is 229 g/mol. The summed E-state index contributed by atoms with van der Waals surface area (Å²) >= 11 is 0. The van der Waals surface area contributed by atoms with E-state index in [9.17, 15) is 9.59 Å². The number of piperazine rings is 1. The minimum atomic E-state index is -0.0200. The molecule has 6 heteroatoms. The van der Waals surface area contributed by atoms with E-state index in [-0.39, 0.29) is 18.4 Å². The lowest BCUT2D eigenvalue weighted by Gasteiger charge is -2.34. The van der Waals surface area contributed by atoms with Gasteiger partial charge in [-0.2, -0.15) is 0 Å². The normalized spacial score (nSPS) is 16.4. The molecule has 1 aliphatic heterocycles. The molecule has 0 aromatic rings. The number of carbonyl (C=O) groups excluding carboxylic acids is 2. The van der Waals surface area contributed by atoms with Gasteiger partial charge in [0.05, 0.1) is 0 Å². The highest BCUT2D eigenvalue weighted by Gasteiger charge is 2.23. The smallest absolute Gasteiger partial charge is 0.248 e. The minimum Gasteiger partial charge on any atom is -0.375 e. The molecule has 1 saturated heterocycles. The molecule has 2 amide bonds. The molecule has 1 heterocycles. The van der Waals surface area contributed by atoms with Crippen molar-refractivity contribution in [3.05, 3.63) is 0 Å². The third kappa shape index (κ3) is 3.46. The van der Waals surface area contributed by atoms with E-state index in [0.717, 1.165) is 0 Å². The number of hydrogen-bond acceptors (Lipinski definition) is 4. The summed E-state index contributed by atoms with van der Waals surface area (Å²) in [6.45, 7) is 2.83. The number of nitrogens with zero attached hydrogens (tertiary/aromatic N) is 2. The van der Waals surface area contributed by atoms with Crippen LogP contribution in [-0.2, 0) is 14.3 Å². The van der Waals surface area contributed by atoms with Crippen LogP contribution in [0.25, 0.3) is 0 Å². The zero-order valence-electron chi connectivity index (χ0n) is 9.65. The van der Waals surface area contributed by atoms with Gasteiger partial charge in [0.2, 0.25) is 11.8 Å². The van der Waals surface area contributed by atoms with E-state index in [1.165, 1.54) is 7.11 Å². The molecule has 0 aromatic carbocycles. The lowest BCUT2D eigenvalue weighted by molar-refractivity contribution is -0.141. The number of rotatable bonds is 4. The predicted octanol–water partition coefficient (Wildman–Crippen LogP) is -1.35. The molecule has 0 unspecified atom stereocenters. The van der Waals surface area contributed by atoms with Crippen molar-refractivity contribution in [2.24, 2.45) is 5.73 Å². The summed E-state index contributed by atoms with van der Waals surface area (Å²) < 4.78 is 4.78. The zero-order valence-corrected chi connectivity index (χ0v) is 9.65. The summed E-state index contributed by atoms with van der Waals surface area (Å²) in [4.78, 5) is 26.5. The van der Waals surface area contributed by atoms with E-state index in [2.05, 4.69) is 0 Å². The summed E-state index contributed by atoms with van der Waals surface area (Å²) in [5.41, 5.74) is 5.32. The quantitative estimate of drug-likeness (QED) is 0.647. The Morgan fingerprint density at radius 3 is 2.06 bits per heavy atom. The van der Waals surface area contributed by atoms with Gasteiger partial charge < -0.3 is 20.3 Å². The van der Waals surface area contributed by atoms with Gasteiger partial charge in [0.1, 0.15) is 6.61 Å². The van der Waals surface area contributed by atoms with Crippen molar-refractivity contribution in [1.29, 1.82) is 0 Å². The van der Waals surface area contributed by atoms with Crippen molar-refractivity contribution in [1.82, 2.24) is 9.80 Å². The van der Waals surface area contributed by atoms with Crippen molar-refractivity contribution in [2.45, 2.75) is 6.42 Å². The van der Waals surface area contributed by atoms with Crippen LogP contribution in [0.2, 0.25) is 0 Å². The second kappa shape index (κ2) is 6.44. The first-order valence-electron chi connectivity index (χ1n) is 5.43. The molecule has 2 N–H and O–H groups in total. The van der Waals surface area contributed by atoms with Gasteiger partial charge in [0.15, 0.2) is 0 Å². The van der Waals surface area contributed by atoms with Crippen LogP contribution in [0.4, 0.5) is 0 Å². The van der Waals surface area contributed by atoms with Crippen LogP contribution in [0, 0.1) is 0 Å². The van der Waals surface area contributed by atoms with Crippen LogP contribution in [0.3, 0.4) is 0 Å². The van der Waals surface area contributed by atoms with Gasteiger partial charge in [0.25, 0.3) is 0 Å². The van der Waals surface area contributed by atoms with E-state index in [0.29, 0.717) is 39.1 Å². The van der Waals surface area contributed by atoms with Crippen molar-refractivity contribution in [3.63, 3.8) is 0 Å². The topological polar surface area (TPSA) is 75.9 Å². The van der Waals surface area contributed by atoms with Crippen LogP contribution in [0.5, 0.6) is 0 Å². The van der Waals surface area contributed by atoms with E-state index in [1.807, 2.05) is 0 Å². The first-order valence-corrected chi connectivity index (χ1v) is 5.43. The van der Waals surface area contributed by atoms with Gasteiger partial charge >= 0.3 is 0 Å². The lowest BCUT2D eigenvalue weighted by Crippen LogP contribution is -2.51. The van der Waals surface area contributed by atoms with Crippen LogP contribution in [-0.4, -0.2) is 68.1 Å². The number of carbonyl (C=O) groups is 2. The Morgan fingerprint density at radius 2 is 1.62 bits per heavy atom. The molecule has 1 fully saturated rings. The molecule has 92 valence electrons.